The van der Waals surface area contributed by atoms with E-state index in [4.69, 9.17) is 4.42 Å². The summed E-state index contributed by atoms with van der Waals surface area (Å²) < 4.78 is 6.83. The van der Waals surface area contributed by atoms with Crippen molar-refractivity contribution in [1.82, 2.24) is 25.3 Å². The summed E-state index contributed by atoms with van der Waals surface area (Å²) in [5, 5.41) is 15.0. The van der Waals surface area contributed by atoms with Gasteiger partial charge in [0.2, 0.25) is 0 Å². The fourth-order valence-corrected chi connectivity index (χ4v) is 2.57. The number of hydrogen-bond donors (Lipinski definition) is 2. The van der Waals surface area contributed by atoms with Crippen LogP contribution in [0.3, 0.4) is 0 Å². The van der Waals surface area contributed by atoms with E-state index in [0.29, 0.717) is 17.9 Å². The predicted molar refractivity (Wildman–Crippen MR) is 88.2 cm³/mol. The number of furan rings is 1. The fourth-order valence-electron chi connectivity index (χ4n) is 2.57. The molecule has 0 bridgehead atoms. The van der Waals surface area contributed by atoms with Gasteiger partial charge in [-0.15, -0.1) is 0 Å². The van der Waals surface area contributed by atoms with Gasteiger partial charge in [0, 0.05) is 24.5 Å². The SMILES string of the molecule is Cn1ncc2ccc(CNC(=O)c3cc(-c4ccoc4)n[nH]3)cc21. The molecule has 0 spiro atoms. The molecule has 0 aliphatic heterocycles. The van der Waals surface area contributed by atoms with Gasteiger partial charge < -0.3 is 9.73 Å². The number of rotatable bonds is 4. The lowest BCUT2D eigenvalue weighted by molar-refractivity contribution is 0.0946. The Balaban J connectivity index is 1.46. The zero-order valence-electron chi connectivity index (χ0n) is 13.0. The molecule has 120 valence electrons. The Bertz CT molecular complexity index is 997. The summed E-state index contributed by atoms with van der Waals surface area (Å²) in [6, 6.07) is 9.49. The van der Waals surface area contributed by atoms with Gasteiger partial charge >= 0.3 is 0 Å². The lowest BCUT2D eigenvalue weighted by Gasteiger charge is -2.04. The van der Waals surface area contributed by atoms with E-state index in [-0.39, 0.29) is 5.91 Å². The number of nitrogens with one attached hydrogen (secondary N) is 2. The summed E-state index contributed by atoms with van der Waals surface area (Å²) >= 11 is 0. The maximum Gasteiger partial charge on any atom is 0.269 e. The first kappa shape index (κ1) is 14.3. The van der Waals surface area contributed by atoms with Crippen molar-refractivity contribution in [2.75, 3.05) is 0 Å². The summed E-state index contributed by atoms with van der Waals surface area (Å²) in [5.41, 5.74) is 3.95. The highest BCUT2D eigenvalue weighted by atomic mass is 16.3. The maximum atomic E-state index is 12.3. The summed E-state index contributed by atoms with van der Waals surface area (Å²) in [5.74, 6) is -0.206. The monoisotopic (exact) mass is 321 g/mol. The normalized spacial score (nSPS) is 11.0. The molecular weight excluding hydrogens is 306 g/mol. The Kier molecular flexibility index (Phi) is 3.38. The number of aromatic nitrogens is 4. The first-order valence-corrected chi connectivity index (χ1v) is 7.47. The van der Waals surface area contributed by atoms with Crippen molar-refractivity contribution < 1.29 is 9.21 Å². The van der Waals surface area contributed by atoms with Gasteiger partial charge in [0.05, 0.1) is 29.9 Å². The van der Waals surface area contributed by atoms with Crippen LogP contribution in [0.25, 0.3) is 22.2 Å². The van der Waals surface area contributed by atoms with Gasteiger partial charge in [-0.2, -0.15) is 10.2 Å². The van der Waals surface area contributed by atoms with Crippen molar-refractivity contribution in [3.05, 3.63) is 60.3 Å². The van der Waals surface area contributed by atoms with E-state index in [1.807, 2.05) is 36.1 Å². The molecule has 3 heterocycles. The average Bonchev–Trinajstić information content (AvgIpc) is 3.33. The van der Waals surface area contributed by atoms with Gasteiger partial charge in [-0.25, -0.2) is 0 Å². The van der Waals surface area contributed by atoms with E-state index in [1.54, 1.807) is 24.7 Å². The number of aromatic amines is 1. The molecule has 24 heavy (non-hydrogen) atoms. The van der Waals surface area contributed by atoms with Crippen LogP contribution in [-0.4, -0.2) is 25.9 Å². The largest absolute Gasteiger partial charge is 0.472 e. The number of H-pyrrole nitrogens is 1. The molecule has 0 aliphatic rings. The van der Waals surface area contributed by atoms with E-state index in [2.05, 4.69) is 20.6 Å². The molecule has 4 aromatic rings. The van der Waals surface area contributed by atoms with Crippen LogP contribution in [0.4, 0.5) is 0 Å². The minimum atomic E-state index is -0.206. The van der Waals surface area contributed by atoms with Gasteiger partial charge in [0.15, 0.2) is 0 Å². The Labute approximate surface area is 137 Å². The molecule has 0 aliphatic carbocycles. The number of nitrogens with zero attached hydrogens (tertiary/aromatic N) is 3. The van der Waals surface area contributed by atoms with Crippen molar-refractivity contribution in [3.63, 3.8) is 0 Å². The molecular formula is C17H15N5O2. The van der Waals surface area contributed by atoms with Gasteiger partial charge in [-0.3, -0.25) is 14.6 Å². The Morgan fingerprint density at radius 1 is 1.33 bits per heavy atom. The van der Waals surface area contributed by atoms with Crippen molar-refractivity contribution in [2.24, 2.45) is 7.05 Å². The maximum absolute atomic E-state index is 12.3. The topological polar surface area (TPSA) is 88.7 Å². The van der Waals surface area contributed by atoms with Crippen molar-refractivity contribution in [3.8, 4) is 11.3 Å². The molecule has 3 aromatic heterocycles. The van der Waals surface area contributed by atoms with Crippen LogP contribution < -0.4 is 5.32 Å². The molecule has 0 atom stereocenters. The first-order valence-electron chi connectivity index (χ1n) is 7.47. The first-order chi connectivity index (χ1) is 11.7. The summed E-state index contributed by atoms with van der Waals surface area (Å²) in [7, 11) is 1.90. The number of hydrogen-bond acceptors (Lipinski definition) is 4. The van der Waals surface area contributed by atoms with Crippen LogP contribution in [-0.2, 0) is 13.6 Å². The van der Waals surface area contributed by atoms with Gasteiger partial charge in [0.25, 0.3) is 5.91 Å². The van der Waals surface area contributed by atoms with Crippen LogP contribution in [0.5, 0.6) is 0 Å². The van der Waals surface area contributed by atoms with E-state index in [0.717, 1.165) is 22.0 Å². The molecule has 2 N–H and O–H groups in total. The second kappa shape index (κ2) is 5.69. The third-order valence-electron chi connectivity index (χ3n) is 3.91. The zero-order chi connectivity index (χ0) is 16.5. The number of benzene rings is 1. The van der Waals surface area contributed by atoms with Crippen molar-refractivity contribution in [1.29, 1.82) is 0 Å². The molecule has 1 aromatic carbocycles. The van der Waals surface area contributed by atoms with E-state index >= 15 is 0 Å². The van der Waals surface area contributed by atoms with Crippen LogP contribution in [0.15, 0.2) is 53.5 Å². The Hall–Kier alpha value is -3.35. The van der Waals surface area contributed by atoms with E-state index in [9.17, 15) is 4.79 Å². The van der Waals surface area contributed by atoms with Crippen LogP contribution in [0.1, 0.15) is 16.1 Å². The van der Waals surface area contributed by atoms with Gasteiger partial charge in [0.1, 0.15) is 5.69 Å². The van der Waals surface area contributed by atoms with Crippen molar-refractivity contribution >= 4 is 16.8 Å². The number of carbonyl (C=O) groups excluding carboxylic acids is 1. The van der Waals surface area contributed by atoms with Gasteiger partial charge in [-0.05, 0) is 23.8 Å². The van der Waals surface area contributed by atoms with E-state index in [1.165, 1.54) is 0 Å². The lowest BCUT2D eigenvalue weighted by atomic mass is 10.1. The molecule has 7 heteroatoms. The van der Waals surface area contributed by atoms with Crippen LogP contribution in [0.2, 0.25) is 0 Å². The number of carbonyl (C=O) groups is 1. The average molecular weight is 321 g/mol. The third kappa shape index (κ3) is 2.56. The second-order valence-electron chi connectivity index (χ2n) is 5.52. The zero-order valence-corrected chi connectivity index (χ0v) is 13.0. The number of amides is 1. The highest BCUT2D eigenvalue weighted by Crippen LogP contribution is 2.18. The van der Waals surface area contributed by atoms with Crippen LogP contribution in [0, 0.1) is 0 Å². The molecule has 1 amide bonds. The molecule has 0 saturated heterocycles. The highest BCUT2D eigenvalue weighted by molar-refractivity contribution is 5.93. The smallest absolute Gasteiger partial charge is 0.269 e. The molecule has 0 radical (unpaired) electrons. The molecule has 7 nitrogen and oxygen atoms in total. The lowest BCUT2D eigenvalue weighted by Crippen LogP contribution is -2.23. The second-order valence-corrected chi connectivity index (χ2v) is 5.52. The van der Waals surface area contributed by atoms with Gasteiger partial charge in [-0.1, -0.05) is 12.1 Å². The van der Waals surface area contributed by atoms with Crippen LogP contribution >= 0.6 is 0 Å². The standard InChI is InChI=1S/C17H15N5O2/c1-22-16-6-11(2-3-12(16)9-19-22)8-18-17(23)15-7-14(20-21-15)13-4-5-24-10-13/h2-7,9-10H,8H2,1H3,(H,18,23)(H,20,21). The summed E-state index contributed by atoms with van der Waals surface area (Å²) in [6.07, 6.45) is 4.97. The quantitative estimate of drug-likeness (QED) is 0.604. The Morgan fingerprint density at radius 3 is 3.08 bits per heavy atom. The van der Waals surface area contributed by atoms with E-state index < -0.39 is 0 Å². The van der Waals surface area contributed by atoms with Crippen molar-refractivity contribution in [2.45, 2.75) is 6.54 Å². The fraction of sp³-hybridized carbons (Fsp3) is 0.118. The molecule has 0 fully saturated rings. The molecule has 0 saturated carbocycles. The molecule has 4 rings (SSSR count). The highest BCUT2D eigenvalue weighted by Gasteiger charge is 2.11. The minimum absolute atomic E-state index is 0.206. The minimum Gasteiger partial charge on any atom is -0.472 e. The third-order valence-corrected chi connectivity index (χ3v) is 3.91. The summed E-state index contributed by atoms with van der Waals surface area (Å²) in [6.45, 7) is 0.431. The number of aryl methyl sites for hydroxylation is 1. The Morgan fingerprint density at radius 2 is 2.25 bits per heavy atom. The predicted octanol–water partition coefficient (Wildman–Crippen LogP) is 2.49. The molecule has 0 unspecified atom stereocenters. The number of fused-ring (bicyclic) bond motifs is 1. The summed E-state index contributed by atoms with van der Waals surface area (Å²) in [4.78, 5) is 12.3.